The summed E-state index contributed by atoms with van der Waals surface area (Å²) in [5, 5.41) is 14.7. The minimum Gasteiger partial charge on any atom is -0.476 e. The Labute approximate surface area is 89.4 Å². The molecule has 0 aliphatic rings. The first kappa shape index (κ1) is 9.85. The summed E-state index contributed by atoms with van der Waals surface area (Å²) < 4.78 is 4.99. The molecule has 2 rings (SSSR count). The van der Waals surface area contributed by atoms with Crippen LogP contribution in [0.5, 0.6) is 0 Å². The summed E-state index contributed by atoms with van der Waals surface area (Å²) in [5.41, 5.74) is 1.56. The van der Waals surface area contributed by atoms with Gasteiger partial charge >= 0.3 is 5.97 Å². The fourth-order valence-corrected chi connectivity index (χ4v) is 2.21. The zero-order chi connectivity index (χ0) is 11.0. The molecule has 0 amide bonds. The van der Waals surface area contributed by atoms with E-state index >= 15 is 0 Å². The molecule has 2 aromatic rings. The molecule has 6 heteroatoms. The van der Waals surface area contributed by atoms with Crippen molar-refractivity contribution in [2.75, 3.05) is 0 Å². The normalized spacial score (nSPS) is 10.5. The highest BCUT2D eigenvalue weighted by molar-refractivity contribution is 7.13. The predicted molar refractivity (Wildman–Crippen MR) is 54.0 cm³/mol. The van der Waals surface area contributed by atoms with Crippen LogP contribution in [0.15, 0.2) is 9.90 Å². The number of aromatic carboxylic acids is 1. The second kappa shape index (κ2) is 3.47. The van der Waals surface area contributed by atoms with Gasteiger partial charge in [0.2, 0.25) is 0 Å². The minimum atomic E-state index is -1.02. The Kier molecular flexibility index (Phi) is 2.28. The van der Waals surface area contributed by atoms with Gasteiger partial charge < -0.3 is 9.63 Å². The molecular weight excluding hydrogens is 216 g/mol. The number of thiazole rings is 1. The zero-order valence-electron chi connectivity index (χ0n) is 8.14. The van der Waals surface area contributed by atoms with E-state index < -0.39 is 5.97 Å². The number of carbonyl (C=O) groups is 1. The second-order valence-electron chi connectivity index (χ2n) is 3.04. The first-order chi connectivity index (χ1) is 7.09. The Balaban J connectivity index is 2.50. The van der Waals surface area contributed by atoms with Crippen molar-refractivity contribution in [3.63, 3.8) is 0 Å². The van der Waals surface area contributed by atoms with Gasteiger partial charge in [0, 0.05) is 5.38 Å². The highest BCUT2D eigenvalue weighted by Gasteiger charge is 2.16. The molecule has 0 saturated carbocycles. The molecule has 0 aromatic carbocycles. The van der Waals surface area contributed by atoms with Crippen molar-refractivity contribution in [3.05, 3.63) is 22.5 Å². The summed E-state index contributed by atoms with van der Waals surface area (Å²) >= 11 is 1.27. The lowest BCUT2D eigenvalue weighted by molar-refractivity contribution is 0.0691. The van der Waals surface area contributed by atoms with Crippen LogP contribution in [0.4, 0.5) is 0 Å². The van der Waals surface area contributed by atoms with Crippen molar-refractivity contribution in [2.24, 2.45) is 0 Å². The van der Waals surface area contributed by atoms with E-state index in [2.05, 4.69) is 10.1 Å². The molecule has 2 aromatic heterocycles. The molecule has 0 radical (unpaired) electrons. The summed E-state index contributed by atoms with van der Waals surface area (Å²) in [5.74, 6) is -0.372. The van der Waals surface area contributed by atoms with Crippen LogP contribution in [0.2, 0.25) is 0 Å². The molecule has 15 heavy (non-hydrogen) atoms. The lowest BCUT2D eigenvalue weighted by Crippen LogP contribution is -1.95. The number of aryl methyl sites for hydroxylation is 2. The van der Waals surface area contributed by atoms with Gasteiger partial charge in [0.1, 0.15) is 10.8 Å². The number of nitrogens with zero attached hydrogens (tertiary/aromatic N) is 2. The van der Waals surface area contributed by atoms with E-state index in [-0.39, 0.29) is 5.69 Å². The molecule has 0 unspecified atom stereocenters. The molecule has 78 valence electrons. The summed E-state index contributed by atoms with van der Waals surface area (Å²) in [7, 11) is 0. The third-order valence-corrected chi connectivity index (χ3v) is 2.83. The van der Waals surface area contributed by atoms with Crippen molar-refractivity contribution in [3.8, 4) is 10.6 Å². The Morgan fingerprint density at radius 3 is 2.73 bits per heavy atom. The molecule has 2 heterocycles. The second-order valence-corrected chi connectivity index (χ2v) is 3.90. The van der Waals surface area contributed by atoms with Crippen LogP contribution in [0, 0.1) is 13.8 Å². The van der Waals surface area contributed by atoms with Gasteiger partial charge in [-0.25, -0.2) is 9.78 Å². The van der Waals surface area contributed by atoms with Gasteiger partial charge in [0.25, 0.3) is 0 Å². The summed E-state index contributed by atoms with van der Waals surface area (Å²) in [6, 6.07) is 0. The number of aromatic nitrogens is 2. The molecule has 0 bridgehead atoms. The van der Waals surface area contributed by atoms with Crippen molar-refractivity contribution in [1.82, 2.24) is 10.1 Å². The van der Waals surface area contributed by atoms with Crippen LogP contribution in [0.25, 0.3) is 10.6 Å². The SMILES string of the molecule is Cc1noc(C)c1-c1nc(C(=O)O)cs1. The van der Waals surface area contributed by atoms with Gasteiger partial charge in [-0.15, -0.1) is 11.3 Å². The maximum absolute atomic E-state index is 10.7. The molecule has 1 N–H and O–H groups in total. The highest BCUT2D eigenvalue weighted by Crippen LogP contribution is 2.29. The van der Waals surface area contributed by atoms with Crippen LogP contribution < -0.4 is 0 Å². The Bertz CT molecular complexity index is 496. The standard InChI is InChI=1S/C9H8N2O3S/c1-4-7(5(2)14-11-4)8-10-6(3-15-8)9(12)13/h3H,1-2H3,(H,12,13). The number of hydrogen-bond donors (Lipinski definition) is 1. The maximum Gasteiger partial charge on any atom is 0.355 e. The van der Waals surface area contributed by atoms with Gasteiger partial charge in [-0.3, -0.25) is 0 Å². The van der Waals surface area contributed by atoms with Crippen molar-refractivity contribution >= 4 is 17.3 Å². The first-order valence-corrected chi connectivity index (χ1v) is 5.09. The van der Waals surface area contributed by atoms with Crippen LogP contribution in [0.3, 0.4) is 0 Å². The van der Waals surface area contributed by atoms with Crippen molar-refractivity contribution < 1.29 is 14.4 Å². The predicted octanol–water partition coefficient (Wildman–Crippen LogP) is 2.11. The fourth-order valence-electron chi connectivity index (χ4n) is 1.28. The molecule has 0 spiro atoms. The average molecular weight is 224 g/mol. The molecule has 0 fully saturated rings. The topological polar surface area (TPSA) is 76.2 Å². The smallest absolute Gasteiger partial charge is 0.355 e. The lowest BCUT2D eigenvalue weighted by Gasteiger charge is -1.91. The Hall–Kier alpha value is -1.69. The van der Waals surface area contributed by atoms with Crippen LogP contribution >= 0.6 is 11.3 Å². The Morgan fingerprint density at radius 2 is 2.27 bits per heavy atom. The summed E-state index contributed by atoms with van der Waals surface area (Å²) in [6.45, 7) is 3.57. The molecule has 0 atom stereocenters. The largest absolute Gasteiger partial charge is 0.476 e. The van der Waals surface area contributed by atoms with Crippen molar-refractivity contribution in [2.45, 2.75) is 13.8 Å². The molecular formula is C9H8N2O3S. The van der Waals surface area contributed by atoms with E-state index in [0.29, 0.717) is 10.8 Å². The van der Waals surface area contributed by atoms with Gasteiger partial charge in [-0.1, -0.05) is 5.16 Å². The summed E-state index contributed by atoms with van der Waals surface area (Å²) in [4.78, 5) is 14.7. The molecule has 0 aliphatic heterocycles. The van der Waals surface area contributed by atoms with E-state index in [0.717, 1.165) is 11.3 Å². The van der Waals surface area contributed by atoms with E-state index in [1.165, 1.54) is 16.7 Å². The number of carboxylic acids is 1. The molecule has 5 nitrogen and oxygen atoms in total. The fraction of sp³-hybridized carbons (Fsp3) is 0.222. The van der Waals surface area contributed by atoms with Crippen LogP contribution in [0.1, 0.15) is 21.9 Å². The van der Waals surface area contributed by atoms with Gasteiger partial charge in [-0.05, 0) is 13.8 Å². The Morgan fingerprint density at radius 1 is 1.53 bits per heavy atom. The lowest BCUT2D eigenvalue weighted by atomic mass is 10.2. The minimum absolute atomic E-state index is 0.0509. The first-order valence-electron chi connectivity index (χ1n) is 4.21. The van der Waals surface area contributed by atoms with Crippen molar-refractivity contribution in [1.29, 1.82) is 0 Å². The number of rotatable bonds is 2. The number of hydrogen-bond acceptors (Lipinski definition) is 5. The van der Waals surface area contributed by atoms with Gasteiger partial charge in [0.15, 0.2) is 5.69 Å². The third kappa shape index (κ3) is 1.63. The quantitative estimate of drug-likeness (QED) is 0.845. The van der Waals surface area contributed by atoms with E-state index in [1.807, 2.05) is 0 Å². The van der Waals surface area contributed by atoms with E-state index in [4.69, 9.17) is 9.63 Å². The van der Waals surface area contributed by atoms with Crippen LogP contribution in [-0.4, -0.2) is 21.2 Å². The average Bonchev–Trinajstić information content (AvgIpc) is 2.73. The molecule has 0 aliphatic carbocycles. The monoisotopic (exact) mass is 224 g/mol. The zero-order valence-corrected chi connectivity index (χ0v) is 8.96. The van der Waals surface area contributed by atoms with E-state index in [9.17, 15) is 4.79 Å². The molecule has 0 saturated heterocycles. The van der Waals surface area contributed by atoms with Gasteiger partial charge in [0.05, 0.1) is 11.3 Å². The number of carboxylic acid groups (broad SMARTS) is 1. The highest BCUT2D eigenvalue weighted by atomic mass is 32.1. The van der Waals surface area contributed by atoms with E-state index in [1.54, 1.807) is 13.8 Å². The van der Waals surface area contributed by atoms with Gasteiger partial charge in [-0.2, -0.15) is 0 Å². The third-order valence-electron chi connectivity index (χ3n) is 1.97. The summed E-state index contributed by atoms with van der Waals surface area (Å²) in [6.07, 6.45) is 0. The van der Waals surface area contributed by atoms with Crippen LogP contribution in [-0.2, 0) is 0 Å². The maximum atomic E-state index is 10.7.